The van der Waals surface area contributed by atoms with Crippen LogP contribution in [0.4, 0.5) is 11.4 Å². The molecule has 3 N–H and O–H groups in total. The Morgan fingerprint density at radius 3 is 2.32 bits per heavy atom. The predicted molar refractivity (Wildman–Crippen MR) is 146 cm³/mol. The minimum Gasteiger partial charge on any atom is -0.493 e. The number of hydrogen-bond acceptors (Lipinski definition) is 6. The number of methoxy groups -OCH3 is 1. The van der Waals surface area contributed by atoms with Crippen molar-refractivity contribution in [2.45, 2.75) is 20.8 Å². The SMILES string of the molecule is COc1cc(/C=N\NC(=O)C(=O)Nc2c(C)cccc2C)cc(Br)c1OCC(=O)Nc1cccc(C)c1. The molecule has 192 valence electrons. The number of amides is 3. The fraction of sp³-hybridized carbons (Fsp3) is 0.185. The van der Waals surface area contributed by atoms with Gasteiger partial charge in [-0.15, -0.1) is 0 Å². The van der Waals surface area contributed by atoms with Crippen LogP contribution in [0.3, 0.4) is 0 Å². The van der Waals surface area contributed by atoms with Crippen LogP contribution in [0.1, 0.15) is 22.3 Å². The molecule has 9 nitrogen and oxygen atoms in total. The molecule has 0 saturated carbocycles. The number of hydrazone groups is 1. The first kappa shape index (κ1) is 27.4. The zero-order valence-corrected chi connectivity index (χ0v) is 22.4. The number of ether oxygens (including phenoxy) is 2. The van der Waals surface area contributed by atoms with Crippen molar-refractivity contribution in [2.75, 3.05) is 24.4 Å². The van der Waals surface area contributed by atoms with Gasteiger partial charge in [0.15, 0.2) is 18.1 Å². The molecule has 37 heavy (non-hydrogen) atoms. The van der Waals surface area contributed by atoms with Gasteiger partial charge in [-0.2, -0.15) is 5.10 Å². The summed E-state index contributed by atoms with van der Waals surface area (Å²) in [4.78, 5) is 36.7. The normalized spacial score (nSPS) is 10.6. The van der Waals surface area contributed by atoms with Gasteiger partial charge in [0.2, 0.25) is 0 Å². The molecular formula is C27H27BrN4O5. The van der Waals surface area contributed by atoms with Crippen molar-refractivity contribution in [3.63, 3.8) is 0 Å². The Balaban J connectivity index is 1.60. The average Bonchev–Trinajstić information content (AvgIpc) is 2.85. The highest BCUT2D eigenvalue weighted by atomic mass is 79.9. The van der Waals surface area contributed by atoms with Gasteiger partial charge in [0.05, 0.1) is 17.8 Å². The zero-order valence-electron chi connectivity index (χ0n) is 20.8. The van der Waals surface area contributed by atoms with Crippen molar-refractivity contribution < 1.29 is 23.9 Å². The standard InChI is InChI=1S/C27H27BrN4O5/c1-16-7-5-10-20(11-16)30-23(33)15-37-25-21(28)12-19(13-22(25)36-4)14-29-32-27(35)26(34)31-24-17(2)8-6-9-18(24)3/h5-14H,15H2,1-4H3,(H,30,33)(H,31,34)(H,32,35)/b29-14-. The Bertz CT molecular complexity index is 1340. The third-order valence-corrected chi connectivity index (χ3v) is 5.80. The summed E-state index contributed by atoms with van der Waals surface area (Å²) in [5.41, 5.74) is 6.74. The summed E-state index contributed by atoms with van der Waals surface area (Å²) in [6.45, 7) is 5.38. The first-order valence-corrected chi connectivity index (χ1v) is 12.0. The summed E-state index contributed by atoms with van der Waals surface area (Å²) < 4.78 is 11.6. The lowest BCUT2D eigenvalue weighted by atomic mass is 10.1. The summed E-state index contributed by atoms with van der Waals surface area (Å²) in [5.74, 6) is -1.40. The van der Waals surface area contributed by atoms with Crippen LogP contribution in [-0.2, 0) is 14.4 Å². The third kappa shape index (κ3) is 7.65. The number of benzene rings is 3. The van der Waals surface area contributed by atoms with E-state index >= 15 is 0 Å². The number of para-hydroxylation sites is 1. The molecule has 3 amide bonds. The molecule has 0 fully saturated rings. The van der Waals surface area contributed by atoms with E-state index in [2.05, 4.69) is 37.1 Å². The van der Waals surface area contributed by atoms with Crippen LogP contribution in [0.5, 0.6) is 11.5 Å². The van der Waals surface area contributed by atoms with Crippen molar-refractivity contribution in [2.24, 2.45) is 5.10 Å². The summed E-state index contributed by atoms with van der Waals surface area (Å²) in [5, 5.41) is 9.23. The maximum Gasteiger partial charge on any atom is 0.329 e. The molecule has 3 rings (SSSR count). The first-order chi connectivity index (χ1) is 17.7. The second kappa shape index (κ2) is 12.7. The summed E-state index contributed by atoms with van der Waals surface area (Å²) >= 11 is 3.41. The van der Waals surface area contributed by atoms with Crippen LogP contribution in [0.2, 0.25) is 0 Å². The van der Waals surface area contributed by atoms with Crippen LogP contribution >= 0.6 is 15.9 Å². The molecule has 0 bridgehead atoms. The molecule has 0 heterocycles. The van der Waals surface area contributed by atoms with E-state index in [1.54, 1.807) is 18.2 Å². The molecule has 0 radical (unpaired) electrons. The highest BCUT2D eigenvalue weighted by Crippen LogP contribution is 2.36. The van der Waals surface area contributed by atoms with Gasteiger partial charge in [-0.1, -0.05) is 30.3 Å². The maximum atomic E-state index is 12.3. The van der Waals surface area contributed by atoms with Crippen LogP contribution in [-0.4, -0.2) is 37.7 Å². The molecule has 3 aromatic carbocycles. The predicted octanol–water partition coefficient (Wildman–Crippen LogP) is 4.49. The van der Waals surface area contributed by atoms with Gasteiger partial charge in [0, 0.05) is 11.4 Å². The van der Waals surface area contributed by atoms with Gasteiger partial charge in [-0.3, -0.25) is 14.4 Å². The number of anilines is 2. The number of carbonyl (C=O) groups excluding carboxylic acids is 3. The average molecular weight is 567 g/mol. The molecule has 0 aliphatic heterocycles. The van der Waals surface area contributed by atoms with Gasteiger partial charge < -0.3 is 20.1 Å². The molecular weight excluding hydrogens is 540 g/mol. The number of nitrogens with one attached hydrogen (secondary N) is 3. The van der Waals surface area contributed by atoms with Gasteiger partial charge in [0.25, 0.3) is 5.91 Å². The quantitative estimate of drug-likeness (QED) is 0.211. The summed E-state index contributed by atoms with van der Waals surface area (Å²) in [7, 11) is 1.46. The lowest BCUT2D eigenvalue weighted by Crippen LogP contribution is -2.32. The van der Waals surface area contributed by atoms with Crippen LogP contribution in [0, 0.1) is 20.8 Å². The molecule has 0 aliphatic carbocycles. The van der Waals surface area contributed by atoms with Crippen molar-refractivity contribution in [3.05, 3.63) is 81.3 Å². The maximum absolute atomic E-state index is 12.3. The van der Waals surface area contributed by atoms with E-state index in [1.807, 2.05) is 57.2 Å². The number of aryl methyl sites for hydroxylation is 3. The summed E-state index contributed by atoms with van der Waals surface area (Å²) in [6, 6.07) is 16.3. The van der Waals surface area contributed by atoms with Crippen molar-refractivity contribution in [3.8, 4) is 11.5 Å². The number of nitrogens with zero attached hydrogens (tertiary/aromatic N) is 1. The Hall–Kier alpha value is -4.18. The second-order valence-corrected chi connectivity index (χ2v) is 9.01. The molecule has 0 atom stereocenters. The number of rotatable bonds is 8. The molecule has 3 aromatic rings. The van der Waals surface area contributed by atoms with Crippen molar-refractivity contribution in [1.82, 2.24) is 5.43 Å². The smallest absolute Gasteiger partial charge is 0.329 e. The van der Waals surface area contributed by atoms with Gasteiger partial charge in [0.1, 0.15) is 0 Å². The van der Waals surface area contributed by atoms with Gasteiger partial charge in [-0.25, -0.2) is 5.43 Å². The van der Waals surface area contributed by atoms with E-state index in [9.17, 15) is 14.4 Å². The topological polar surface area (TPSA) is 118 Å². The molecule has 0 saturated heterocycles. The van der Waals surface area contributed by atoms with Crippen LogP contribution in [0.25, 0.3) is 0 Å². The summed E-state index contributed by atoms with van der Waals surface area (Å²) in [6.07, 6.45) is 1.35. The molecule has 0 unspecified atom stereocenters. The van der Waals surface area contributed by atoms with Crippen LogP contribution in [0.15, 0.2) is 64.2 Å². The van der Waals surface area contributed by atoms with Gasteiger partial charge >= 0.3 is 11.8 Å². The van der Waals surface area contributed by atoms with Gasteiger partial charge in [-0.05, 0) is 83.2 Å². The monoisotopic (exact) mass is 566 g/mol. The Labute approximate surface area is 223 Å². The lowest BCUT2D eigenvalue weighted by Gasteiger charge is -2.13. The van der Waals surface area contributed by atoms with Crippen molar-refractivity contribution >= 4 is 51.2 Å². The van der Waals surface area contributed by atoms with E-state index in [0.717, 1.165) is 16.7 Å². The van der Waals surface area contributed by atoms with Crippen LogP contribution < -0.4 is 25.5 Å². The molecule has 0 aliphatic rings. The van der Waals surface area contributed by atoms with E-state index in [-0.39, 0.29) is 12.5 Å². The van der Waals surface area contributed by atoms with E-state index < -0.39 is 11.8 Å². The Morgan fingerprint density at radius 1 is 0.946 bits per heavy atom. The Kier molecular flexibility index (Phi) is 9.39. The fourth-order valence-electron chi connectivity index (χ4n) is 3.41. The number of hydrogen-bond donors (Lipinski definition) is 3. The second-order valence-electron chi connectivity index (χ2n) is 8.16. The van der Waals surface area contributed by atoms with Crippen molar-refractivity contribution in [1.29, 1.82) is 0 Å². The highest BCUT2D eigenvalue weighted by molar-refractivity contribution is 9.10. The highest BCUT2D eigenvalue weighted by Gasteiger charge is 2.16. The molecule has 0 spiro atoms. The fourth-order valence-corrected chi connectivity index (χ4v) is 3.98. The third-order valence-electron chi connectivity index (χ3n) is 5.21. The minimum atomic E-state index is -0.912. The van der Waals surface area contributed by atoms with E-state index in [4.69, 9.17) is 9.47 Å². The zero-order chi connectivity index (χ0) is 26.9. The van der Waals surface area contributed by atoms with E-state index in [1.165, 1.54) is 13.3 Å². The first-order valence-electron chi connectivity index (χ1n) is 11.3. The van der Waals surface area contributed by atoms with E-state index in [0.29, 0.717) is 32.9 Å². The molecule has 10 heteroatoms. The minimum absolute atomic E-state index is 0.234. The number of halogens is 1. The molecule has 0 aromatic heterocycles. The largest absolute Gasteiger partial charge is 0.493 e. The lowest BCUT2D eigenvalue weighted by molar-refractivity contribution is -0.136. The number of carbonyl (C=O) groups is 3. The Morgan fingerprint density at radius 2 is 1.65 bits per heavy atom.